The lowest BCUT2D eigenvalue weighted by Gasteiger charge is -2.31. The van der Waals surface area contributed by atoms with Crippen molar-refractivity contribution in [3.05, 3.63) is 51.7 Å². The summed E-state index contributed by atoms with van der Waals surface area (Å²) in [5.74, 6) is 0.384. The van der Waals surface area contributed by atoms with Crippen LogP contribution in [-0.4, -0.2) is 53.6 Å². The number of aromatic amines is 1. The summed E-state index contributed by atoms with van der Waals surface area (Å²) in [6.45, 7) is 2.50. The van der Waals surface area contributed by atoms with Crippen molar-refractivity contribution in [1.29, 1.82) is 0 Å². The van der Waals surface area contributed by atoms with Crippen molar-refractivity contribution < 1.29 is 9.72 Å². The molecule has 1 amide bonds. The summed E-state index contributed by atoms with van der Waals surface area (Å²) < 4.78 is 1.92. The van der Waals surface area contributed by atoms with Crippen molar-refractivity contribution in [2.45, 2.75) is 25.7 Å². The van der Waals surface area contributed by atoms with Gasteiger partial charge in [0.2, 0.25) is 5.69 Å². The number of rotatable bonds is 3. The van der Waals surface area contributed by atoms with E-state index in [0.29, 0.717) is 13.1 Å². The number of piperidine rings is 1. The van der Waals surface area contributed by atoms with E-state index >= 15 is 0 Å². The quantitative estimate of drug-likeness (QED) is 0.563. The fourth-order valence-electron chi connectivity index (χ4n) is 3.46. The number of pyridine rings is 1. The van der Waals surface area contributed by atoms with Gasteiger partial charge in [-0.1, -0.05) is 6.07 Å². The van der Waals surface area contributed by atoms with Gasteiger partial charge in [-0.25, -0.2) is 0 Å². The van der Waals surface area contributed by atoms with Gasteiger partial charge in [-0.2, -0.15) is 5.10 Å². The minimum atomic E-state index is -0.570. The van der Waals surface area contributed by atoms with Gasteiger partial charge in [0, 0.05) is 25.2 Å². The molecule has 0 spiro atoms. The summed E-state index contributed by atoms with van der Waals surface area (Å²) in [6.07, 6.45) is 3.56. The fourth-order valence-corrected chi connectivity index (χ4v) is 3.46. The highest BCUT2D eigenvalue weighted by Gasteiger charge is 2.34. The number of H-pyrrole nitrogens is 1. The minimum absolute atomic E-state index is 0.0178. The van der Waals surface area contributed by atoms with Gasteiger partial charge < -0.3 is 4.90 Å². The second-order valence-corrected chi connectivity index (χ2v) is 6.38. The number of nitrogens with one attached hydrogen (secondary N) is 1. The van der Waals surface area contributed by atoms with Crippen molar-refractivity contribution in [3.8, 4) is 0 Å². The van der Waals surface area contributed by atoms with Gasteiger partial charge in [0.1, 0.15) is 11.5 Å². The largest absolute Gasteiger partial charge is 0.336 e. The van der Waals surface area contributed by atoms with E-state index in [1.54, 1.807) is 4.90 Å². The number of fused-ring (bicyclic) bond motifs is 1. The molecule has 3 aromatic rings. The van der Waals surface area contributed by atoms with Crippen LogP contribution in [0.1, 0.15) is 40.8 Å². The zero-order chi connectivity index (χ0) is 18.3. The predicted molar refractivity (Wildman–Crippen MR) is 90.8 cm³/mol. The van der Waals surface area contributed by atoms with Crippen molar-refractivity contribution >= 4 is 17.2 Å². The number of hydrogen-bond acceptors (Lipinski definition) is 6. The molecule has 0 saturated carbocycles. The Kier molecular flexibility index (Phi) is 3.86. The molecule has 1 unspecified atom stereocenters. The Balaban J connectivity index is 1.61. The maximum atomic E-state index is 12.8. The van der Waals surface area contributed by atoms with Gasteiger partial charge in [0.25, 0.3) is 5.91 Å². The fraction of sp³-hybridized carbons (Fsp3) is 0.375. The molecule has 1 saturated heterocycles. The van der Waals surface area contributed by atoms with Gasteiger partial charge in [-0.3, -0.25) is 24.4 Å². The van der Waals surface area contributed by atoms with E-state index in [1.165, 1.54) is 6.92 Å². The van der Waals surface area contributed by atoms with Crippen LogP contribution in [0.4, 0.5) is 5.69 Å². The maximum absolute atomic E-state index is 12.8. The molecule has 0 aromatic carbocycles. The molecule has 4 heterocycles. The highest BCUT2D eigenvalue weighted by atomic mass is 16.6. The molecule has 1 fully saturated rings. The van der Waals surface area contributed by atoms with Crippen LogP contribution >= 0.6 is 0 Å². The summed E-state index contributed by atoms with van der Waals surface area (Å²) >= 11 is 0. The van der Waals surface area contributed by atoms with Crippen molar-refractivity contribution in [1.82, 2.24) is 29.7 Å². The molecule has 1 atom stereocenters. The number of hydrogen-bond donors (Lipinski definition) is 1. The number of nitrogens with zero attached hydrogens (tertiary/aromatic N) is 6. The zero-order valence-corrected chi connectivity index (χ0v) is 14.1. The van der Waals surface area contributed by atoms with Crippen LogP contribution in [-0.2, 0) is 0 Å². The molecule has 134 valence electrons. The molecule has 3 aromatic heterocycles. The van der Waals surface area contributed by atoms with Crippen molar-refractivity contribution in [3.63, 3.8) is 0 Å². The Hall–Kier alpha value is -3.30. The SMILES string of the molecule is Cc1[nH]nc(C(=O)N2CCCC(c3nnc4ccccn34)C2)c1[N+](=O)[O-]. The Morgan fingerprint density at radius 2 is 2.23 bits per heavy atom. The number of carbonyl (C=O) groups is 1. The van der Waals surface area contributed by atoms with Gasteiger partial charge in [-0.05, 0) is 31.9 Å². The first kappa shape index (κ1) is 16.2. The third kappa shape index (κ3) is 2.59. The molecule has 0 bridgehead atoms. The van der Waals surface area contributed by atoms with Gasteiger partial charge >= 0.3 is 5.69 Å². The summed E-state index contributed by atoms with van der Waals surface area (Å²) in [5.41, 5.74) is 0.629. The van der Waals surface area contributed by atoms with E-state index in [4.69, 9.17) is 0 Å². The van der Waals surface area contributed by atoms with E-state index in [-0.39, 0.29) is 23.0 Å². The molecule has 0 radical (unpaired) electrons. The van der Waals surface area contributed by atoms with Crippen LogP contribution in [0, 0.1) is 17.0 Å². The molecule has 4 rings (SSSR count). The number of likely N-dealkylation sites (tertiary alicyclic amines) is 1. The Bertz CT molecular complexity index is 993. The van der Waals surface area contributed by atoms with Crippen molar-refractivity contribution in [2.24, 2.45) is 0 Å². The summed E-state index contributed by atoms with van der Waals surface area (Å²) in [7, 11) is 0. The Morgan fingerprint density at radius 3 is 3.04 bits per heavy atom. The normalized spacial score (nSPS) is 17.6. The third-order valence-corrected chi connectivity index (χ3v) is 4.71. The van der Waals surface area contributed by atoms with E-state index in [0.717, 1.165) is 24.3 Å². The maximum Gasteiger partial charge on any atom is 0.322 e. The number of aryl methyl sites for hydroxylation is 1. The first-order valence-electron chi connectivity index (χ1n) is 8.34. The van der Waals surface area contributed by atoms with Gasteiger partial charge in [0.05, 0.1) is 4.92 Å². The van der Waals surface area contributed by atoms with Crippen LogP contribution in [0.15, 0.2) is 24.4 Å². The summed E-state index contributed by atoms with van der Waals surface area (Å²) in [5, 5.41) is 26.1. The number of carbonyl (C=O) groups excluding carboxylic acids is 1. The lowest BCUT2D eigenvalue weighted by atomic mass is 9.97. The zero-order valence-electron chi connectivity index (χ0n) is 14.1. The van der Waals surface area contributed by atoms with Crippen LogP contribution in [0.5, 0.6) is 0 Å². The monoisotopic (exact) mass is 355 g/mol. The van der Waals surface area contributed by atoms with Gasteiger partial charge in [-0.15, -0.1) is 10.2 Å². The first-order chi connectivity index (χ1) is 12.6. The van der Waals surface area contributed by atoms with Gasteiger partial charge in [0.15, 0.2) is 5.65 Å². The van der Waals surface area contributed by atoms with E-state index in [2.05, 4.69) is 20.4 Å². The van der Waals surface area contributed by atoms with E-state index in [9.17, 15) is 14.9 Å². The molecule has 1 N–H and O–H groups in total. The summed E-state index contributed by atoms with van der Waals surface area (Å²) in [4.78, 5) is 25.1. The van der Waals surface area contributed by atoms with Crippen LogP contribution in [0.25, 0.3) is 5.65 Å². The molecule has 0 aliphatic carbocycles. The van der Waals surface area contributed by atoms with Crippen LogP contribution < -0.4 is 0 Å². The van der Waals surface area contributed by atoms with Crippen LogP contribution in [0.3, 0.4) is 0 Å². The standard InChI is InChI=1S/C16H17N7O3/c1-10-14(23(25)26)13(19-17-10)16(24)21-7-4-5-11(9-21)15-20-18-12-6-2-3-8-22(12)15/h2-3,6,8,11H,4-5,7,9H2,1H3,(H,17,19). The lowest BCUT2D eigenvalue weighted by molar-refractivity contribution is -0.385. The molecule has 1 aliphatic heterocycles. The third-order valence-electron chi connectivity index (χ3n) is 4.71. The molecular formula is C16H17N7O3. The highest BCUT2D eigenvalue weighted by Crippen LogP contribution is 2.29. The molecule has 10 nitrogen and oxygen atoms in total. The molecular weight excluding hydrogens is 338 g/mol. The molecule has 10 heteroatoms. The second kappa shape index (κ2) is 6.21. The second-order valence-electron chi connectivity index (χ2n) is 6.38. The average molecular weight is 355 g/mol. The first-order valence-corrected chi connectivity index (χ1v) is 8.34. The predicted octanol–water partition coefficient (Wildman–Crippen LogP) is 1.69. The average Bonchev–Trinajstić information content (AvgIpc) is 3.25. The molecule has 1 aliphatic rings. The Labute approximate surface area is 148 Å². The number of nitro groups is 1. The van der Waals surface area contributed by atoms with E-state index < -0.39 is 10.8 Å². The smallest absolute Gasteiger partial charge is 0.322 e. The highest BCUT2D eigenvalue weighted by molar-refractivity contribution is 5.96. The molecule has 26 heavy (non-hydrogen) atoms. The number of amides is 1. The number of aromatic nitrogens is 5. The van der Waals surface area contributed by atoms with Crippen molar-refractivity contribution in [2.75, 3.05) is 13.1 Å². The van der Waals surface area contributed by atoms with E-state index in [1.807, 2.05) is 28.8 Å². The van der Waals surface area contributed by atoms with Crippen LogP contribution in [0.2, 0.25) is 0 Å². The lowest BCUT2D eigenvalue weighted by Crippen LogP contribution is -2.40. The topological polar surface area (TPSA) is 122 Å². The summed E-state index contributed by atoms with van der Waals surface area (Å²) in [6, 6.07) is 5.67. The minimum Gasteiger partial charge on any atom is -0.336 e. The Morgan fingerprint density at radius 1 is 1.38 bits per heavy atom.